The fourth-order valence-corrected chi connectivity index (χ4v) is 5.29. The van der Waals surface area contributed by atoms with Crippen molar-refractivity contribution < 1.29 is 0 Å². The molecule has 2 saturated heterocycles. The van der Waals surface area contributed by atoms with Gasteiger partial charge in [-0.3, -0.25) is 4.90 Å². The number of piperazine rings is 1. The summed E-state index contributed by atoms with van der Waals surface area (Å²) in [4.78, 5) is 19.2. The van der Waals surface area contributed by atoms with Crippen molar-refractivity contribution in [2.24, 2.45) is 0 Å². The van der Waals surface area contributed by atoms with E-state index in [1.807, 2.05) is 17.8 Å². The molecule has 7 heteroatoms. The van der Waals surface area contributed by atoms with Crippen LogP contribution < -0.4 is 4.90 Å². The van der Waals surface area contributed by atoms with E-state index in [1.165, 1.54) is 31.4 Å². The molecule has 1 atom stereocenters. The second-order valence-electron chi connectivity index (χ2n) is 6.91. The smallest absolute Gasteiger partial charge is 0.226 e. The molecule has 5 heterocycles. The van der Waals surface area contributed by atoms with Gasteiger partial charge in [-0.25, -0.2) is 15.0 Å². The largest absolute Gasteiger partial charge is 0.338 e. The molecule has 0 saturated carbocycles. The first-order valence-electron chi connectivity index (χ1n) is 9.17. The summed E-state index contributed by atoms with van der Waals surface area (Å²) < 4.78 is 0. The van der Waals surface area contributed by atoms with Crippen LogP contribution in [0, 0.1) is 0 Å². The van der Waals surface area contributed by atoms with Crippen molar-refractivity contribution in [2.45, 2.75) is 25.3 Å². The van der Waals surface area contributed by atoms with Gasteiger partial charge in [-0.2, -0.15) is 11.3 Å². The van der Waals surface area contributed by atoms with E-state index in [2.05, 4.69) is 31.6 Å². The number of anilines is 1. The highest BCUT2D eigenvalue weighted by atomic mass is 32.1. The Kier molecular flexibility index (Phi) is 4.44. The lowest BCUT2D eigenvalue weighted by Crippen LogP contribution is -2.55. The number of aromatic nitrogens is 3. The molecule has 0 radical (unpaired) electrons. The maximum atomic E-state index is 4.98. The van der Waals surface area contributed by atoms with E-state index in [4.69, 9.17) is 9.97 Å². The predicted molar refractivity (Wildman–Crippen MR) is 108 cm³/mol. The molecule has 2 aliphatic rings. The van der Waals surface area contributed by atoms with Crippen LogP contribution in [0.3, 0.4) is 0 Å². The number of nitrogens with zero attached hydrogens (tertiary/aromatic N) is 5. The summed E-state index contributed by atoms with van der Waals surface area (Å²) in [7, 11) is 0. The van der Waals surface area contributed by atoms with E-state index >= 15 is 0 Å². The molecular weight excluding hydrogens is 362 g/mol. The van der Waals surface area contributed by atoms with Gasteiger partial charge in [-0.05, 0) is 41.8 Å². The zero-order chi connectivity index (χ0) is 17.3. The maximum absolute atomic E-state index is 4.98. The van der Waals surface area contributed by atoms with Crippen molar-refractivity contribution >= 4 is 28.6 Å². The highest BCUT2D eigenvalue weighted by Gasteiger charge is 2.30. The highest BCUT2D eigenvalue weighted by molar-refractivity contribution is 7.13. The quantitative estimate of drug-likeness (QED) is 0.684. The molecule has 3 aromatic heterocycles. The lowest BCUT2D eigenvalue weighted by Gasteiger charge is -2.44. The molecule has 0 spiro atoms. The standard InChI is InChI=1S/C19H21N5S2/c1-2-6-23-7-8-24(12-15(23)3-1)19-21-11-16(14-4-9-25-13-14)17(22-19)18-20-5-10-26-18/h4-5,9-11,13,15H,1-3,6-8,12H2/t15-/m0/s1. The Morgan fingerprint density at radius 3 is 2.92 bits per heavy atom. The average Bonchev–Trinajstić information content (AvgIpc) is 3.41. The SMILES string of the molecule is c1csc(-c2nc(N3CCN4CCCC[C@H]4C3)ncc2-c2ccsc2)n1. The molecule has 0 bridgehead atoms. The summed E-state index contributed by atoms with van der Waals surface area (Å²) in [6, 6.07) is 2.78. The predicted octanol–water partition coefficient (Wildman–Crippen LogP) is 4.00. The third-order valence-corrected chi connectivity index (χ3v) is 6.83. The van der Waals surface area contributed by atoms with Crippen LogP contribution in [0.25, 0.3) is 21.8 Å². The van der Waals surface area contributed by atoms with Gasteiger partial charge in [0, 0.05) is 49.0 Å². The average molecular weight is 384 g/mol. The fraction of sp³-hybridized carbons (Fsp3) is 0.421. The summed E-state index contributed by atoms with van der Waals surface area (Å²) >= 11 is 3.33. The van der Waals surface area contributed by atoms with E-state index in [9.17, 15) is 0 Å². The number of thiazole rings is 1. The molecule has 134 valence electrons. The summed E-state index contributed by atoms with van der Waals surface area (Å²) in [6.45, 7) is 4.41. The van der Waals surface area contributed by atoms with Crippen LogP contribution in [0.15, 0.2) is 34.6 Å². The Balaban J connectivity index is 1.49. The van der Waals surface area contributed by atoms with Crippen LogP contribution in [0.1, 0.15) is 19.3 Å². The molecule has 2 fully saturated rings. The van der Waals surface area contributed by atoms with Gasteiger partial charge in [0.15, 0.2) is 0 Å². The first-order chi connectivity index (χ1) is 12.9. The number of piperidine rings is 1. The van der Waals surface area contributed by atoms with Crippen molar-refractivity contribution in [3.05, 3.63) is 34.6 Å². The van der Waals surface area contributed by atoms with Gasteiger partial charge in [-0.1, -0.05) is 6.42 Å². The van der Waals surface area contributed by atoms with Crippen LogP contribution >= 0.6 is 22.7 Å². The Morgan fingerprint density at radius 1 is 1.08 bits per heavy atom. The summed E-state index contributed by atoms with van der Waals surface area (Å²) in [5, 5.41) is 7.22. The topological polar surface area (TPSA) is 45.2 Å². The Morgan fingerprint density at radius 2 is 2.08 bits per heavy atom. The number of fused-ring (bicyclic) bond motifs is 1. The van der Waals surface area contributed by atoms with Gasteiger partial charge in [0.05, 0.1) is 0 Å². The summed E-state index contributed by atoms with van der Waals surface area (Å²) in [5.74, 6) is 0.847. The van der Waals surface area contributed by atoms with Crippen LogP contribution in [-0.2, 0) is 0 Å². The van der Waals surface area contributed by atoms with Crippen LogP contribution in [0.5, 0.6) is 0 Å². The van der Waals surface area contributed by atoms with E-state index in [0.29, 0.717) is 6.04 Å². The van der Waals surface area contributed by atoms with Crippen LogP contribution in [0.4, 0.5) is 5.95 Å². The van der Waals surface area contributed by atoms with Gasteiger partial charge in [0.2, 0.25) is 5.95 Å². The van der Waals surface area contributed by atoms with Crippen molar-refractivity contribution in [3.63, 3.8) is 0 Å². The second-order valence-corrected chi connectivity index (χ2v) is 8.59. The van der Waals surface area contributed by atoms with Gasteiger partial charge < -0.3 is 4.90 Å². The molecular formula is C19H21N5S2. The maximum Gasteiger partial charge on any atom is 0.226 e. The van der Waals surface area contributed by atoms with Crippen LogP contribution in [0.2, 0.25) is 0 Å². The molecule has 0 N–H and O–H groups in total. The van der Waals surface area contributed by atoms with Gasteiger partial charge in [0.1, 0.15) is 10.7 Å². The minimum absolute atomic E-state index is 0.654. The van der Waals surface area contributed by atoms with Gasteiger partial charge in [-0.15, -0.1) is 11.3 Å². The minimum atomic E-state index is 0.654. The molecule has 0 unspecified atom stereocenters. The van der Waals surface area contributed by atoms with E-state index in [-0.39, 0.29) is 0 Å². The fourth-order valence-electron chi connectivity index (χ4n) is 3.99. The number of hydrogen-bond donors (Lipinski definition) is 0. The van der Waals surface area contributed by atoms with E-state index < -0.39 is 0 Å². The van der Waals surface area contributed by atoms with Crippen LogP contribution in [-0.4, -0.2) is 52.1 Å². The lowest BCUT2D eigenvalue weighted by atomic mass is 10.00. The summed E-state index contributed by atoms with van der Waals surface area (Å²) in [6.07, 6.45) is 7.81. The van der Waals surface area contributed by atoms with E-state index in [0.717, 1.165) is 41.8 Å². The van der Waals surface area contributed by atoms with Gasteiger partial charge in [0.25, 0.3) is 0 Å². The molecule has 5 rings (SSSR count). The molecule has 5 nitrogen and oxygen atoms in total. The van der Waals surface area contributed by atoms with E-state index in [1.54, 1.807) is 22.7 Å². The second kappa shape index (κ2) is 7.06. The number of rotatable bonds is 3. The summed E-state index contributed by atoms with van der Waals surface area (Å²) in [5.41, 5.74) is 3.19. The highest BCUT2D eigenvalue weighted by Crippen LogP contribution is 2.34. The first kappa shape index (κ1) is 16.4. The lowest BCUT2D eigenvalue weighted by molar-refractivity contribution is 0.133. The molecule has 2 aliphatic heterocycles. The van der Waals surface area contributed by atoms with Crippen molar-refractivity contribution in [1.82, 2.24) is 19.9 Å². The molecule has 0 aliphatic carbocycles. The third-order valence-electron chi connectivity index (χ3n) is 5.36. The Hall–Kier alpha value is -1.83. The molecule has 0 aromatic carbocycles. The number of thiophene rings is 1. The zero-order valence-electron chi connectivity index (χ0n) is 14.5. The normalized spacial score (nSPS) is 20.9. The van der Waals surface area contributed by atoms with Gasteiger partial charge >= 0.3 is 0 Å². The first-order valence-corrected chi connectivity index (χ1v) is 11.0. The molecule has 26 heavy (non-hydrogen) atoms. The molecule has 3 aromatic rings. The zero-order valence-corrected chi connectivity index (χ0v) is 16.2. The Labute approximate surface area is 161 Å². The minimum Gasteiger partial charge on any atom is -0.338 e. The Bertz CT molecular complexity index is 862. The van der Waals surface area contributed by atoms with Crippen molar-refractivity contribution in [2.75, 3.05) is 31.1 Å². The third kappa shape index (κ3) is 3.04. The van der Waals surface area contributed by atoms with Crippen molar-refractivity contribution in [1.29, 1.82) is 0 Å². The van der Waals surface area contributed by atoms with Crippen molar-refractivity contribution in [3.8, 4) is 21.8 Å². The molecule has 0 amide bonds. The monoisotopic (exact) mass is 383 g/mol. The number of hydrogen-bond acceptors (Lipinski definition) is 7.